The molecule has 0 aliphatic heterocycles. The van der Waals surface area contributed by atoms with Gasteiger partial charge in [0.2, 0.25) is 5.91 Å². The first-order valence-corrected chi connectivity index (χ1v) is 9.18. The second-order valence-corrected chi connectivity index (χ2v) is 7.62. The molecule has 0 saturated carbocycles. The van der Waals surface area contributed by atoms with Gasteiger partial charge in [0, 0.05) is 11.6 Å². The molecule has 1 atom stereocenters. The van der Waals surface area contributed by atoms with Crippen molar-refractivity contribution in [3.63, 3.8) is 0 Å². The monoisotopic (exact) mass is 382 g/mol. The van der Waals surface area contributed by atoms with E-state index in [9.17, 15) is 26.8 Å². The zero-order chi connectivity index (χ0) is 19.3. The molecule has 2 rings (SSSR count). The highest BCUT2D eigenvalue weighted by atomic mass is 32.2. The van der Waals surface area contributed by atoms with Crippen molar-refractivity contribution in [2.45, 2.75) is 17.4 Å². The van der Waals surface area contributed by atoms with Crippen LogP contribution in [0, 0.1) is 11.6 Å². The number of hydrogen-bond acceptors (Lipinski definition) is 4. The summed E-state index contributed by atoms with van der Waals surface area (Å²) in [6.45, 7) is 0. The van der Waals surface area contributed by atoms with Crippen molar-refractivity contribution in [2.24, 2.45) is 5.73 Å². The predicted octanol–water partition coefficient (Wildman–Crippen LogP) is 1.41. The van der Waals surface area contributed by atoms with Gasteiger partial charge < -0.3 is 11.1 Å². The van der Waals surface area contributed by atoms with Gasteiger partial charge in [-0.15, -0.1) is 0 Å². The Morgan fingerprint density at radius 3 is 2.15 bits per heavy atom. The Morgan fingerprint density at radius 1 is 1.04 bits per heavy atom. The van der Waals surface area contributed by atoms with E-state index in [0.29, 0.717) is 6.07 Å². The standard InChI is InChI=1S/C17H16F2N2O4S/c18-12-8-11(9-13(19)10-12)17(23)21-15(16(20)22)6-7-26(24,25)14-4-2-1-3-5-14/h1-5,8-10,15H,6-7H2,(H2,20,22)(H,21,23)/t15-/m0/s1. The molecular weight excluding hydrogens is 366 g/mol. The summed E-state index contributed by atoms with van der Waals surface area (Å²) in [5.74, 6) is -4.26. The van der Waals surface area contributed by atoms with E-state index in [1.807, 2.05) is 0 Å². The lowest BCUT2D eigenvalue weighted by molar-refractivity contribution is -0.119. The van der Waals surface area contributed by atoms with Gasteiger partial charge in [0.05, 0.1) is 10.6 Å². The van der Waals surface area contributed by atoms with Gasteiger partial charge in [-0.05, 0) is 30.7 Å². The first-order valence-electron chi connectivity index (χ1n) is 7.53. The molecule has 6 nitrogen and oxygen atoms in total. The molecule has 0 saturated heterocycles. The SMILES string of the molecule is NC(=O)[C@H](CCS(=O)(=O)c1ccccc1)NC(=O)c1cc(F)cc(F)c1. The van der Waals surface area contributed by atoms with Crippen LogP contribution in [0.3, 0.4) is 0 Å². The van der Waals surface area contributed by atoms with Crippen molar-refractivity contribution in [2.75, 3.05) is 5.75 Å². The Balaban J connectivity index is 2.09. The number of amides is 2. The number of carbonyl (C=O) groups excluding carboxylic acids is 2. The molecule has 0 radical (unpaired) electrons. The molecule has 0 aliphatic carbocycles. The summed E-state index contributed by atoms with van der Waals surface area (Å²) in [5, 5.41) is 2.20. The van der Waals surface area contributed by atoms with E-state index in [1.165, 1.54) is 12.1 Å². The number of primary amides is 1. The minimum atomic E-state index is -3.68. The van der Waals surface area contributed by atoms with Crippen molar-refractivity contribution in [3.05, 3.63) is 65.7 Å². The van der Waals surface area contributed by atoms with Crippen LogP contribution in [0.1, 0.15) is 16.8 Å². The summed E-state index contributed by atoms with van der Waals surface area (Å²) in [5.41, 5.74) is 4.85. The Bertz CT molecular complexity index is 897. The zero-order valence-corrected chi connectivity index (χ0v) is 14.3. The zero-order valence-electron chi connectivity index (χ0n) is 13.5. The summed E-state index contributed by atoms with van der Waals surface area (Å²) in [4.78, 5) is 23.6. The summed E-state index contributed by atoms with van der Waals surface area (Å²) in [6, 6.07) is 8.43. The maximum Gasteiger partial charge on any atom is 0.252 e. The van der Waals surface area contributed by atoms with Gasteiger partial charge in [-0.1, -0.05) is 18.2 Å². The van der Waals surface area contributed by atoms with Crippen LogP contribution in [0.25, 0.3) is 0 Å². The van der Waals surface area contributed by atoms with Gasteiger partial charge in [0.15, 0.2) is 9.84 Å². The Labute approximate surface area is 148 Å². The molecule has 0 spiro atoms. The summed E-state index contributed by atoms with van der Waals surface area (Å²) < 4.78 is 50.9. The number of nitrogens with two attached hydrogens (primary N) is 1. The topological polar surface area (TPSA) is 106 Å². The average Bonchev–Trinajstić information content (AvgIpc) is 2.58. The molecule has 0 bridgehead atoms. The van der Waals surface area contributed by atoms with E-state index in [1.54, 1.807) is 18.2 Å². The maximum absolute atomic E-state index is 13.2. The number of nitrogens with one attached hydrogen (secondary N) is 1. The molecule has 0 fully saturated rings. The van der Waals surface area contributed by atoms with E-state index >= 15 is 0 Å². The lowest BCUT2D eigenvalue weighted by Gasteiger charge is -2.15. The molecule has 2 aromatic carbocycles. The van der Waals surface area contributed by atoms with E-state index < -0.39 is 45.1 Å². The molecule has 0 aliphatic rings. The van der Waals surface area contributed by atoms with Gasteiger partial charge in [-0.2, -0.15) is 0 Å². The Hall–Kier alpha value is -2.81. The van der Waals surface area contributed by atoms with Crippen LogP contribution in [0.2, 0.25) is 0 Å². The highest BCUT2D eigenvalue weighted by Gasteiger charge is 2.23. The van der Waals surface area contributed by atoms with Gasteiger partial charge in [0.25, 0.3) is 5.91 Å². The molecule has 3 N–H and O–H groups in total. The molecule has 0 heterocycles. The van der Waals surface area contributed by atoms with Crippen LogP contribution in [-0.2, 0) is 14.6 Å². The van der Waals surface area contributed by atoms with Gasteiger partial charge in [-0.3, -0.25) is 9.59 Å². The van der Waals surface area contributed by atoms with E-state index in [-0.39, 0.29) is 16.9 Å². The third kappa shape index (κ3) is 5.09. The van der Waals surface area contributed by atoms with Crippen LogP contribution >= 0.6 is 0 Å². The molecule has 26 heavy (non-hydrogen) atoms. The highest BCUT2D eigenvalue weighted by molar-refractivity contribution is 7.91. The van der Waals surface area contributed by atoms with Gasteiger partial charge >= 0.3 is 0 Å². The molecule has 2 amide bonds. The summed E-state index contributed by atoms with van der Waals surface area (Å²) in [7, 11) is -3.68. The lowest BCUT2D eigenvalue weighted by Crippen LogP contribution is -2.45. The molecule has 0 aromatic heterocycles. The minimum absolute atomic E-state index is 0.0711. The predicted molar refractivity (Wildman–Crippen MR) is 89.9 cm³/mol. The minimum Gasteiger partial charge on any atom is -0.368 e. The first-order chi connectivity index (χ1) is 12.2. The second kappa shape index (κ2) is 8.05. The maximum atomic E-state index is 13.2. The fourth-order valence-corrected chi connectivity index (χ4v) is 3.58. The van der Waals surface area contributed by atoms with Crippen molar-refractivity contribution < 1.29 is 26.8 Å². The van der Waals surface area contributed by atoms with Crippen LogP contribution in [0.5, 0.6) is 0 Å². The fourth-order valence-electron chi connectivity index (χ4n) is 2.23. The molecule has 9 heteroatoms. The fraction of sp³-hybridized carbons (Fsp3) is 0.176. The number of hydrogen-bond donors (Lipinski definition) is 2. The van der Waals surface area contributed by atoms with Crippen molar-refractivity contribution in [3.8, 4) is 0 Å². The average molecular weight is 382 g/mol. The lowest BCUT2D eigenvalue weighted by atomic mass is 10.1. The molecular formula is C17H16F2N2O4S. The van der Waals surface area contributed by atoms with Crippen LogP contribution < -0.4 is 11.1 Å². The largest absolute Gasteiger partial charge is 0.368 e. The second-order valence-electron chi connectivity index (χ2n) is 5.51. The number of benzene rings is 2. The molecule has 138 valence electrons. The number of halogens is 2. The number of carbonyl (C=O) groups is 2. The summed E-state index contributed by atoms with van der Waals surface area (Å²) >= 11 is 0. The van der Waals surface area contributed by atoms with Crippen LogP contribution in [0.15, 0.2) is 53.4 Å². The van der Waals surface area contributed by atoms with Crippen LogP contribution in [-0.4, -0.2) is 32.0 Å². The third-order valence-electron chi connectivity index (χ3n) is 3.55. The molecule has 2 aromatic rings. The number of sulfone groups is 1. The number of rotatable bonds is 7. The van der Waals surface area contributed by atoms with Gasteiger partial charge in [0.1, 0.15) is 17.7 Å². The van der Waals surface area contributed by atoms with Crippen molar-refractivity contribution >= 4 is 21.7 Å². The van der Waals surface area contributed by atoms with Gasteiger partial charge in [-0.25, -0.2) is 17.2 Å². The Kier molecular flexibility index (Phi) is 6.04. The normalized spacial score (nSPS) is 12.4. The highest BCUT2D eigenvalue weighted by Crippen LogP contribution is 2.13. The smallest absolute Gasteiger partial charge is 0.252 e. The van der Waals surface area contributed by atoms with E-state index in [2.05, 4.69) is 5.32 Å². The Morgan fingerprint density at radius 2 is 1.62 bits per heavy atom. The summed E-state index contributed by atoms with van der Waals surface area (Å²) in [6.07, 6.45) is -0.282. The van der Waals surface area contributed by atoms with Crippen LogP contribution in [0.4, 0.5) is 8.78 Å². The first kappa shape index (κ1) is 19.5. The van der Waals surface area contributed by atoms with E-state index in [0.717, 1.165) is 12.1 Å². The third-order valence-corrected chi connectivity index (χ3v) is 5.31. The van der Waals surface area contributed by atoms with E-state index in [4.69, 9.17) is 5.73 Å². The van der Waals surface area contributed by atoms with Crippen molar-refractivity contribution in [1.82, 2.24) is 5.32 Å². The van der Waals surface area contributed by atoms with Crippen molar-refractivity contribution in [1.29, 1.82) is 0 Å². The molecule has 0 unspecified atom stereocenters. The quantitative estimate of drug-likeness (QED) is 0.755.